The fourth-order valence-electron chi connectivity index (χ4n) is 2.87. The van der Waals surface area contributed by atoms with E-state index in [4.69, 9.17) is 9.47 Å². The summed E-state index contributed by atoms with van der Waals surface area (Å²) >= 11 is 0. The largest absolute Gasteiger partial charge is 0.493 e. The number of piperidine rings is 1. The molecule has 0 aromatic heterocycles. The van der Waals surface area contributed by atoms with Crippen LogP contribution in [0, 0.1) is 0 Å². The first-order chi connectivity index (χ1) is 12.2. The van der Waals surface area contributed by atoms with Gasteiger partial charge in [-0.25, -0.2) is 0 Å². The summed E-state index contributed by atoms with van der Waals surface area (Å²) < 4.78 is 11.0. The van der Waals surface area contributed by atoms with E-state index >= 15 is 0 Å². The lowest BCUT2D eigenvalue weighted by atomic mass is 10.1. The topological polar surface area (TPSA) is 50.8 Å². The van der Waals surface area contributed by atoms with Crippen molar-refractivity contribution in [2.24, 2.45) is 0 Å². The quantitative estimate of drug-likeness (QED) is 0.698. The minimum Gasteiger partial charge on any atom is -0.493 e. The number of methoxy groups -OCH3 is 1. The summed E-state index contributed by atoms with van der Waals surface area (Å²) in [6.45, 7) is 6.64. The molecule has 138 valence electrons. The molecule has 1 heterocycles. The van der Waals surface area contributed by atoms with E-state index in [2.05, 4.69) is 17.1 Å². The summed E-state index contributed by atoms with van der Waals surface area (Å²) in [4.78, 5) is 14.4. The zero-order valence-electron chi connectivity index (χ0n) is 15.4. The fraction of sp³-hybridized carbons (Fsp3) is 0.550. The van der Waals surface area contributed by atoms with Crippen molar-refractivity contribution in [1.82, 2.24) is 10.2 Å². The van der Waals surface area contributed by atoms with Crippen LogP contribution in [0.15, 0.2) is 24.3 Å². The van der Waals surface area contributed by atoms with E-state index in [1.54, 1.807) is 19.3 Å². The van der Waals surface area contributed by atoms with Gasteiger partial charge in [-0.2, -0.15) is 0 Å². The normalized spacial score (nSPS) is 15.3. The third kappa shape index (κ3) is 6.78. The van der Waals surface area contributed by atoms with Crippen LogP contribution in [0.2, 0.25) is 0 Å². The molecule has 0 bridgehead atoms. The van der Waals surface area contributed by atoms with E-state index < -0.39 is 0 Å². The Hall–Kier alpha value is -2.01. The molecule has 0 radical (unpaired) electrons. The second kappa shape index (κ2) is 10.8. The van der Waals surface area contributed by atoms with Crippen LogP contribution in [0.4, 0.5) is 0 Å². The first-order valence-electron chi connectivity index (χ1n) is 9.22. The number of amides is 1. The lowest BCUT2D eigenvalue weighted by Crippen LogP contribution is -2.37. The molecule has 0 aliphatic carbocycles. The second-order valence-electron chi connectivity index (χ2n) is 6.29. The zero-order valence-corrected chi connectivity index (χ0v) is 15.4. The molecule has 1 saturated heterocycles. The Morgan fingerprint density at radius 3 is 2.76 bits per heavy atom. The highest BCUT2D eigenvalue weighted by atomic mass is 16.5. The van der Waals surface area contributed by atoms with Gasteiger partial charge in [0.2, 0.25) is 5.91 Å². The highest BCUT2D eigenvalue weighted by Gasteiger charge is 2.09. The van der Waals surface area contributed by atoms with E-state index in [1.807, 2.05) is 18.2 Å². The highest BCUT2D eigenvalue weighted by Crippen LogP contribution is 2.28. The van der Waals surface area contributed by atoms with Gasteiger partial charge in [0, 0.05) is 19.2 Å². The zero-order chi connectivity index (χ0) is 17.9. The van der Waals surface area contributed by atoms with Crippen molar-refractivity contribution in [3.63, 3.8) is 0 Å². The van der Waals surface area contributed by atoms with Crippen molar-refractivity contribution in [2.45, 2.75) is 32.6 Å². The molecule has 0 spiro atoms. The first kappa shape index (κ1) is 19.3. The SMILES string of the molecule is CCCOc1ccc(C=CC(=O)NCCN2CCCCC2)cc1OC. The van der Waals surface area contributed by atoms with E-state index in [9.17, 15) is 4.79 Å². The van der Waals surface area contributed by atoms with Gasteiger partial charge in [-0.05, 0) is 56.1 Å². The number of ether oxygens (including phenoxy) is 2. The van der Waals surface area contributed by atoms with Crippen LogP contribution in [0.25, 0.3) is 6.08 Å². The molecular weight excluding hydrogens is 316 g/mol. The van der Waals surface area contributed by atoms with Gasteiger partial charge in [-0.1, -0.05) is 19.4 Å². The van der Waals surface area contributed by atoms with E-state index in [0.29, 0.717) is 18.9 Å². The van der Waals surface area contributed by atoms with Crippen molar-refractivity contribution in [2.75, 3.05) is 39.9 Å². The Kier molecular flexibility index (Phi) is 8.32. The standard InChI is InChI=1S/C20H30N2O3/c1-3-15-25-18-9-7-17(16-19(18)24-2)8-10-20(23)21-11-14-22-12-5-4-6-13-22/h7-10,16H,3-6,11-15H2,1-2H3,(H,21,23). The number of benzene rings is 1. The molecule has 1 aromatic carbocycles. The molecule has 1 fully saturated rings. The lowest BCUT2D eigenvalue weighted by Gasteiger charge is -2.26. The van der Waals surface area contributed by atoms with Gasteiger partial charge < -0.3 is 19.7 Å². The molecule has 2 rings (SSSR count). The Balaban J connectivity index is 1.80. The van der Waals surface area contributed by atoms with Crippen LogP contribution in [0.3, 0.4) is 0 Å². The fourth-order valence-corrected chi connectivity index (χ4v) is 2.87. The summed E-state index contributed by atoms with van der Waals surface area (Å²) in [6.07, 6.45) is 8.18. The van der Waals surface area contributed by atoms with Crippen LogP contribution in [-0.4, -0.2) is 50.7 Å². The molecule has 1 aliphatic rings. The summed E-state index contributed by atoms with van der Waals surface area (Å²) in [5.74, 6) is 1.34. The Morgan fingerprint density at radius 2 is 2.04 bits per heavy atom. The number of carbonyl (C=O) groups is 1. The molecule has 5 heteroatoms. The summed E-state index contributed by atoms with van der Waals surface area (Å²) in [7, 11) is 1.62. The van der Waals surface area contributed by atoms with Crippen molar-refractivity contribution in [3.8, 4) is 11.5 Å². The van der Waals surface area contributed by atoms with Crippen LogP contribution >= 0.6 is 0 Å². The number of rotatable bonds is 9. The average molecular weight is 346 g/mol. The van der Waals surface area contributed by atoms with Crippen LogP contribution in [0.1, 0.15) is 38.2 Å². The maximum atomic E-state index is 11.9. The average Bonchev–Trinajstić information content (AvgIpc) is 2.65. The maximum absolute atomic E-state index is 11.9. The van der Waals surface area contributed by atoms with Crippen LogP contribution < -0.4 is 14.8 Å². The minimum atomic E-state index is -0.0673. The van der Waals surface area contributed by atoms with Gasteiger partial charge in [0.1, 0.15) is 0 Å². The van der Waals surface area contributed by atoms with Gasteiger partial charge in [-0.3, -0.25) is 4.79 Å². The van der Waals surface area contributed by atoms with Gasteiger partial charge in [-0.15, -0.1) is 0 Å². The van der Waals surface area contributed by atoms with E-state index in [0.717, 1.165) is 37.4 Å². The minimum absolute atomic E-state index is 0.0673. The summed E-state index contributed by atoms with van der Waals surface area (Å²) in [5, 5.41) is 2.94. The molecule has 1 aliphatic heterocycles. The number of nitrogens with one attached hydrogen (secondary N) is 1. The molecule has 0 saturated carbocycles. The van der Waals surface area contributed by atoms with Gasteiger partial charge >= 0.3 is 0 Å². The van der Waals surface area contributed by atoms with Crippen molar-refractivity contribution in [1.29, 1.82) is 0 Å². The van der Waals surface area contributed by atoms with Gasteiger partial charge in [0.05, 0.1) is 13.7 Å². The van der Waals surface area contributed by atoms with Crippen molar-refractivity contribution in [3.05, 3.63) is 29.8 Å². The number of hydrogen-bond acceptors (Lipinski definition) is 4. The first-order valence-corrected chi connectivity index (χ1v) is 9.22. The molecule has 0 unspecified atom stereocenters. The molecule has 0 atom stereocenters. The lowest BCUT2D eigenvalue weighted by molar-refractivity contribution is -0.116. The molecular formula is C20H30N2O3. The molecule has 1 amide bonds. The second-order valence-corrected chi connectivity index (χ2v) is 6.29. The van der Waals surface area contributed by atoms with E-state index in [1.165, 1.54) is 19.3 Å². The van der Waals surface area contributed by atoms with Crippen LogP contribution in [-0.2, 0) is 4.79 Å². The van der Waals surface area contributed by atoms with E-state index in [-0.39, 0.29) is 5.91 Å². The van der Waals surface area contributed by atoms with Crippen molar-refractivity contribution < 1.29 is 14.3 Å². The van der Waals surface area contributed by atoms with Gasteiger partial charge in [0.25, 0.3) is 0 Å². The molecule has 1 aromatic rings. The maximum Gasteiger partial charge on any atom is 0.244 e. The monoisotopic (exact) mass is 346 g/mol. The van der Waals surface area contributed by atoms with Gasteiger partial charge in [0.15, 0.2) is 11.5 Å². The predicted octanol–water partition coefficient (Wildman–Crippen LogP) is 3.10. The predicted molar refractivity (Wildman–Crippen MR) is 101 cm³/mol. The molecule has 25 heavy (non-hydrogen) atoms. The molecule has 1 N–H and O–H groups in total. The number of nitrogens with zero attached hydrogens (tertiary/aromatic N) is 1. The van der Waals surface area contributed by atoms with Crippen LogP contribution in [0.5, 0.6) is 11.5 Å². The molecule has 5 nitrogen and oxygen atoms in total. The third-order valence-electron chi connectivity index (χ3n) is 4.25. The third-order valence-corrected chi connectivity index (χ3v) is 4.25. The Labute approximate surface area is 151 Å². The summed E-state index contributed by atoms with van der Waals surface area (Å²) in [5.41, 5.74) is 0.909. The van der Waals surface area contributed by atoms with Crippen molar-refractivity contribution >= 4 is 12.0 Å². The smallest absolute Gasteiger partial charge is 0.244 e. The Bertz CT molecular complexity index is 566. The Morgan fingerprint density at radius 1 is 1.24 bits per heavy atom. The number of likely N-dealkylation sites (tertiary alicyclic amines) is 1. The number of hydrogen-bond donors (Lipinski definition) is 1. The highest BCUT2D eigenvalue weighted by molar-refractivity contribution is 5.91. The summed E-state index contributed by atoms with van der Waals surface area (Å²) in [6, 6.07) is 5.68. The number of carbonyl (C=O) groups excluding carboxylic acids is 1.